The lowest BCUT2D eigenvalue weighted by atomic mass is 9.79. The topological polar surface area (TPSA) is 108 Å². The molecule has 0 spiro atoms. The number of carbonyl (C=O) groups is 1. The van der Waals surface area contributed by atoms with Crippen LogP contribution in [0.15, 0.2) is 36.8 Å². The van der Waals surface area contributed by atoms with Gasteiger partial charge in [0, 0.05) is 55.4 Å². The summed E-state index contributed by atoms with van der Waals surface area (Å²) < 4.78 is 0. The minimum atomic E-state index is -0.886. The van der Waals surface area contributed by atoms with E-state index in [1.54, 1.807) is 24.7 Å². The molecule has 2 unspecified atom stereocenters. The van der Waals surface area contributed by atoms with Gasteiger partial charge in [-0.3, -0.25) is 14.7 Å². The molecule has 0 radical (unpaired) electrons. The van der Waals surface area contributed by atoms with Gasteiger partial charge in [-0.1, -0.05) is 0 Å². The lowest BCUT2D eigenvalue weighted by molar-refractivity contribution is -0.130. The van der Waals surface area contributed by atoms with Crippen LogP contribution in [0.3, 0.4) is 0 Å². The molecule has 0 bridgehead atoms. The molecule has 2 aromatic heterocycles. The van der Waals surface area contributed by atoms with E-state index in [1.165, 1.54) is 0 Å². The zero-order valence-corrected chi connectivity index (χ0v) is 17.7. The van der Waals surface area contributed by atoms with Crippen LogP contribution in [-0.2, 0) is 10.4 Å². The van der Waals surface area contributed by atoms with Crippen molar-refractivity contribution in [2.75, 3.05) is 19.6 Å². The first-order valence-corrected chi connectivity index (χ1v) is 11.3. The number of pyridine rings is 1. The summed E-state index contributed by atoms with van der Waals surface area (Å²) in [5.41, 5.74) is 6.29. The van der Waals surface area contributed by atoms with Gasteiger partial charge in [-0.2, -0.15) is 0 Å². The van der Waals surface area contributed by atoms with Gasteiger partial charge in [-0.05, 0) is 56.7 Å². The van der Waals surface area contributed by atoms with Gasteiger partial charge in [-0.15, -0.1) is 0 Å². The maximum Gasteiger partial charge on any atom is 0.236 e. The fourth-order valence-electron chi connectivity index (χ4n) is 5.82. The van der Waals surface area contributed by atoms with Crippen LogP contribution in [0.1, 0.15) is 44.2 Å². The average Bonchev–Trinajstić information content (AvgIpc) is 3.42. The summed E-state index contributed by atoms with van der Waals surface area (Å²) in [4.78, 5) is 29.8. The fourth-order valence-corrected chi connectivity index (χ4v) is 5.82. The first kappa shape index (κ1) is 20.5. The molecule has 1 amide bonds. The SMILES string of the molecule is NCC(=O)N1CCC2C1CCN2C1CCC(O)(c2ccc(-c3ncccn3)cn2)CC1. The van der Waals surface area contributed by atoms with E-state index in [1.807, 2.05) is 17.0 Å². The maximum absolute atomic E-state index is 12.1. The molecule has 8 heteroatoms. The molecular weight excluding hydrogens is 392 g/mol. The van der Waals surface area contributed by atoms with Crippen molar-refractivity contribution in [1.29, 1.82) is 0 Å². The summed E-state index contributed by atoms with van der Waals surface area (Å²) in [6.07, 6.45) is 10.5. The van der Waals surface area contributed by atoms with Crippen LogP contribution in [0.25, 0.3) is 11.4 Å². The summed E-state index contributed by atoms with van der Waals surface area (Å²) in [5.74, 6) is 0.711. The van der Waals surface area contributed by atoms with Crippen LogP contribution < -0.4 is 5.73 Å². The summed E-state index contributed by atoms with van der Waals surface area (Å²) in [6.45, 7) is 1.94. The van der Waals surface area contributed by atoms with Crippen molar-refractivity contribution in [1.82, 2.24) is 24.8 Å². The Morgan fingerprint density at radius 1 is 1.06 bits per heavy atom. The van der Waals surface area contributed by atoms with Crippen LogP contribution in [0.2, 0.25) is 0 Å². The largest absolute Gasteiger partial charge is 0.384 e. The van der Waals surface area contributed by atoms with Crippen LogP contribution >= 0.6 is 0 Å². The second kappa shape index (κ2) is 8.26. The lowest BCUT2D eigenvalue weighted by Gasteiger charge is -2.41. The second-order valence-corrected chi connectivity index (χ2v) is 9.01. The highest BCUT2D eigenvalue weighted by Crippen LogP contribution is 2.42. The van der Waals surface area contributed by atoms with E-state index in [4.69, 9.17) is 5.73 Å². The molecule has 2 aliphatic heterocycles. The monoisotopic (exact) mass is 422 g/mol. The molecule has 164 valence electrons. The van der Waals surface area contributed by atoms with Crippen molar-refractivity contribution in [2.24, 2.45) is 5.73 Å². The Kier molecular flexibility index (Phi) is 5.45. The Labute approximate surface area is 182 Å². The number of hydrogen-bond acceptors (Lipinski definition) is 7. The Balaban J connectivity index is 1.23. The molecule has 8 nitrogen and oxygen atoms in total. The molecule has 0 aromatic carbocycles. The van der Waals surface area contributed by atoms with E-state index in [-0.39, 0.29) is 12.5 Å². The first-order chi connectivity index (χ1) is 15.1. The molecule has 3 aliphatic rings. The number of aromatic nitrogens is 3. The molecule has 3 fully saturated rings. The number of nitrogens with zero attached hydrogens (tertiary/aromatic N) is 5. The standard InChI is InChI=1S/C23H30N6O2/c24-14-21(30)29-13-7-18-19(29)6-12-28(18)17-4-8-23(31,9-5-17)20-3-2-16(15-27-20)22-25-10-1-11-26-22/h1-3,10-11,15,17-19,31H,4-9,12-14,24H2. The zero-order chi connectivity index (χ0) is 21.4. The minimum Gasteiger partial charge on any atom is -0.384 e. The smallest absolute Gasteiger partial charge is 0.236 e. The normalized spacial score (nSPS) is 31.0. The number of amides is 1. The maximum atomic E-state index is 12.1. The predicted octanol–water partition coefficient (Wildman–Crippen LogP) is 1.30. The molecule has 2 aromatic rings. The van der Waals surface area contributed by atoms with Crippen molar-refractivity contribution in [2.45, 2.75) is 62.3 Å². The van der Waals surface area contributed by atoms with Crippen LogP contribution in [0.5, 0.6) is 0 Å². The number of nitrogens with two attached hydrogens (primary N) is 1. The second-order valence-electron chi connectivity index (χ2n) is 9.01. The van der Waals surface area contributed by atoms with Gasteiger partial charge in [0.1, 0.15) is 5.60 Å². The number of aliphatic hydroxyl groups is 1. The van der Waals surface area contributed by atoms with Gasteiger partial charge in [0.05, 0.1) is 12.2 Å². The summed E-state index contributed by atoms with van der Waals surface area (Å²) in [5, 5.41) is 11.3. The Morgan fingerprint density at radius 2 is 1.81 bits per heavy atom. The average molecular weight is 423 g/mol. The third kappa shape index (κ3) is 3.73. The highest BCUT2D eigenvalue weighted by atomic mass is 16.3. The molecule has 1 saturated carbocycles. The first-order valence-electron chi connectivity index (χ1n) is 11.3. The molecule has 5 rings (SSSR count). The number of likely N-dealkylation sites (tertiary alicyclic amines) is 2. The van der Waals surface area contributed by atoms with E-state index in [0.717, 1.165) is 50.0 Å². The molecule has 1 aliphatic carbocycles. The van der Waals surface area contributed by atoms with Crippen molar-refractivity contribution >= 4 is 5.91 Å². The van der Waals surface area contributed by atoms with Crippen molar-refractivity contribution in [3.05, 3.63) is 42.5 Å². The summed E-state index contributed by atoms with van der Waals surface area (Å²) >= 11 is 0. The van der Waals surface area contributed by atoms with Gasteiger partial charge in [-0.25, -0.2) is 9.97 Å². The van der Waals surface area contributed by atoms with Gasteiger partial charge in [0.2, 0.25) is 5.91 Å². The molecule has 2 saturated heterocycles. The molecule has 31 heavy (non-hydrogen) atoms. The van der Waals surface area contributed by atoms with E-state index < -0.39 is 5.60 Å². The van der Waals surface area contributed by atoms with Crippen molar-refractivity contribution in [3.63, 3.8) is 0 Å². The number of fused-ring (bicyclic) bond motifs is 1. The van der Waals surface area contributed by atoms with Crippen LogP contribution in [0.4, 0.5) is 0 Å². The quantitative estimate of drug-likeness (QED) is 0.764. The lowest BCUT2D eigenvalue weighted by Crippen LogP contribution is -2.47. The number of hydrogen-bond donors (Lipinski definition) is 2. The third-order valence-electron chi connectivity index (χ3n) is 7.43. The summed E-state index contributed by atoms with van der Waals surface area (Å²) in [6, 6.07) is 6.84. The zero-order valence-electron chi connectivity index (χ0n) is 17.7. The fraction of sp³-hybridized carbons (Fsp3) is 0.565. The van der Waals surface area contributed by atoms with Gasteiger partial charge in [0.15, 0.2) is 5.82 Å². The molecule has 2 atom stereocenters. The van der Waals surface area contributed by atoms with Crippen LogP contribution in [0, 0.1) is 0 Å². The predicted molar refractivity (Wildman–Crippen MR) is 116 cm³/mol. The highest BCUT2D eigenvalue weighted by Gasteiger charge is 2.47. The molecule has 4 heterocycles. The van der Waals surface area contributed by atoms with E-state index >= 15 is 0 Å². The van der Waals surface area contributed by atoms with Crippen molar-refractivity contribution in [3.8, 4) is 11.4 Å². The molecular formula is C23H30N6O2. The van der Waals surface area contributed by atoms with Crippen molar-refractivity contribution < 1.29 is 9.90 Å². The minimum absolute atomic E-state index is 0.0720. The summed E-state index contributed by atoms with van der Waals surface area (Å²) in [7, 11) is 0. The Morgan fingerprint density at radius 3 is 2.48 bits per heavy atom. The molecule has 3 N–H and O–H groups in total. The number of rotatable bonds is 4. The highest BCUT2D eigenvalue weighted by molar-refractivity contribution is 5.78. The van der Waals surface area contributed by atoms with Crippen LogP contribution in [-0.4, -0.2) is 73.5 Å². The van der Waals surface area contributed by atoms with Gasteiger partial charge < -0.3 is 15.7 Å². The third-order valence-corrected chi connectivity index (χ3v) is 7.43. The van der Waals surface area contributed by atoms with E-state index in [9.17, 15) is 9.90 Å². The van der Waals surface area contributed by atoms with Gasteiger partial charge >= 0.3 is 0 Å². The van der Waals surface area contributed by atoms with Gasteiger partial charge in [0.25, 0.3) is 0 Å². The van der Waals surface area contributed by atoms with E-state index in [2.05, 4.69) is 19.9 Å². The Hall–Kier alpha value is -2.42. The van der Waals surface area contributed by atoms with E-state index in [0.29, 0.717) is 36.8 Å². The number of carbonyl (C=O) groups excluding carboxylic acids is 1. The Bertz CT molecular complexity index is 913.